The Balaban J connectivity index is 4.06. The van der Waals surface area contributed by atoms with Crippen LogP contribution >= 0.6 is 15.9 Å². The van der Waals surface area contributed by atoms with Crippen molar-refractivity contribution >= 4 is 15.9 Å². The van der Waals surface area contributed by atoms with Crippen molar-refractivity contribution in [3.8, 4) is 0 Å². The molecule has 0 aliphatic rings. The van der Waals surface area contributed by atoms with E-state index in [1.165, 1.54) is 11.1 Å². The van der Waals surface area contributed by atoms with Crippen LogP contribution in [-0.2, 0) is 0 Å². The monoisotopic (exact) mass is 212 g/mol. The molecule has 0 bridgehead atoms. The van der Waals surface area contributed by atoms with Gasteiger partial charge in [-0.15, -0.1) is 0 Å². The van der Waals surface area contributed by atoms with Crippen molar-refractivity contribution in [1.82, 2.24) is 0 Å². The zero-order chi connectivity index (χ0) is 8.69. The van der Waals surface area contributed by atoms with Crippen LogP contribution in [0, 0.1) is 0 Å². The van der Waals surface area contributed by atoms with Crippen LogP contribution in [0.5, 0.6) is 0 Å². The minimum absolute atomic E-state index is 1.17. The molecule has 0 rings (SSSR count). The van der Waals surface area contributed by atoms with Crippen LogP contribution in [0.15, 0.2) is 47.0 Å². The lowest BCUT2D eigenvalue weighted by molar-refractivity contribution is 1.51. The first-order chi connectivity index (χ1) is 5.20. The lowest BCUT2D eigenvalue weighted by Gasteiger charge is -1.86. The zero-order valence-electron chi connectivity index (χ0n) is 6.97. The second-order valence-electron chi connectivity index (χ2n) is 2.33. The van der Waals surface area contributed by atoms with Gasteiger partial charge in [-0.25, -0.2) is 0 Å². The maximum absolute atomic E-state index is 3.65. The summed E-state index contributed by atoms with van der Waals surface area (Å²) < 4.78 is 0. The van der Waals surface area contributed by atoms with Crippen molar-refractivity contribution in [2.45, 2.75) is 13.8 Å². The molecule has 0 aromatic heterocycles. The smallest absolute Gasteiger partial charge is 0.0160 e. The molecule has 0 aromatic carbocycles. The van der Waals surface area contributed by atoms with E-state index in [9.17, 15) is 0 Å². The number of hydrogen-bond donors (Lipinski definition) is 0. The third-order valence-corrected chi connectivity index (χ3v) is 1.93. The normalized spacial score (nSPS) is 14.1. The van der Waals surface area contributed by atoms with Crippen molar-refractivity contribution in [2.24, 2.45) is 0 Å². The highest BCUT2D eigenvalue weighted by Crippen LogP contribution is 2.00. The van der Waals surface area contributed by atoms with Gasteiger partial charge in [0.2, 0.25) is 0 Å². The second kappa shape index (κ2) is 6.17. The van der Waals surface area contributed by atoms with E-state index in [1.807, 2.05) is 43.1 Å². The highest BCUT2D eigenvalue weighted by molar-refractivity contribution is 9.11. The fourth-order valence-corrected chi connectivity index (χ4v) is 0.609. The average Bonchev–Trinajstić information content (AvgIpc) is 2.04. The van der Waals surface area contributed by atoms with E-state index in [-0.39, 0.29) is 0 Å². The molecule has 0 saturated heterocycles. The first-order valence-electron chi connectivity index (χ1n) is 3.45. The Hall–Kier alpha value is -0.560. The summed E-state index contributed by atoms with van der Waals surface area (Å²) >= 11 is 3.24. The summed E-state index contributed by atoms with van der Waals surface area (Å²) in [5.74, 6) is 0. The molecule has 0 radical (unpaired) electrons. The van der Waals surface area contributed by atoms with Crippen LogP contribution in [-0.4, -0.2) is 0 Å². The molecule has 11 heavy (non-hydrogen) atoms. The summed E-state index contributed by atoms with van der Waals surface area (Å²) in [5, 5.41) is 0. The number of allylic oxidation sites excluding steroid dienone is 6. The van der Waals surface area contributed by atoms with Gasteiger partial charge in [-0.3, -0.25) is 0 Å². The minimum atomic E-state index is 1.17. The van der Waals surface area contributed by atoms with E-state index in [0.29, 0.717) is 0 Å². The van der Waals surface area contributed by atoms with Crippen LogP contribution in [0.3, 0.4) is 0 Å². The molecule has 0 amide bonds. The highest BCUT2D eigenvalue weighted by Gasteiger charge is 1.76. The van der Waals surface area contributed by atoms with Gasteiger partial charge in [0.25, 0.3) is 0 Å². The Morgan fingerprint density at radius 2 is 1.91 bits per heavy atom. The standard InChI is InChI=1S/C10H13Br/c1-4-9(2)6-5-7-10(3)8-11/h4-8H,1H2,2-3H3/b7-5+,9-6+,10-8+. The Labute approximate surface area is 77.1 Å². The van der Waals surface area contributed by atoms with Crippen LogP contribution in [0.4, 0.5) is 0 Å². The summed E-state index contributed by atoms with van der Waals surface area (Å²) in [6.45, 7) is 7.70. The SMILES string of the molecule is C=C/C(C)=C/C=C/C(C)=C/Br. The molecule has 0 nitrogen and oxygen atoms in total. The van der Waals surface area contributed by atoms with Crippen molar-refractivity contribution in [1.29, 1.82) is 0 Å². The summed E-state index contributed by atoms with van der Waals surface area (Å²) in [4.78, 5) is 1.89. The number of hydrogen-bond acceptors (Lipinski definition) is 0. The largest absolute Gasteiger partial charge is 0.0988 e. The molecule has 0 saturated carbocycles. The molecule has 0 heterocycles. The molecule has 1 heteroatoms. The van der Waals surface area contributed by atoms with Crippen molar-refractivity contribution in [3.63, 3.8) is 0 Å². The predicted molar refractivity (Wildman–Crippen MR) is 55.8 cm³/mol. The fourth-order valence-electron chi connectivity index (χ4n) is 0.456. The van der Waals surface area contributed by atoms with Crippen molar-refractivity contribution in [2.75, 3.05) is 0 Å². The van der Waals surface area contributed by atoms with Crippen LogP contribution in [0.1, 0.15) is 13.8 Å². The van der Waals surface area contributed by atoms with E-state index in [4.69, 9.17) is 0 Å². The molecule has 0 aromatic rings. The molecule has 0 atom stereocenters. The zero-order valence-corrected chi connectivity index (χ0v) is 8.56. The summed E-state index contributed by atoms with van der Waals surface area (Å²) in [7, 11) is 0. The van der Waals surface area contributed by atoms with Gasteiger partial charge in [-0.05, 0) is 24.4 Å². The summed E-state index contributed by atoms with van der Waals surface area (Å²) in [6, 6.07) is 0. The molecule has 60 valence electrons. The Bertz CT molecular complexity index is 207. The highest BCUT2D eigenvalue weighted by atomic mass is 79.9. The summed E-state index contributed by atoms with van der Waals surface area (Å²) in [6.07, 6.45) is 7.89. The van der Waals surface area contributed by atoms with Gasteiger partial charge in [-0.2, -0.15) is 0 Å². The van der Waals surface area contributed by atoms with E-state index in [2.05, 4.69) is 22.5 Å². The number of halogens is 1. The summed E-state index contributed by atoms with van der Waals surface area (Å²) in [5.41, 5.74) is 2.36. The van der Waals surface area contributed by atoms with Crippen molar-refractivity contribution in [3.05, 3.63) is 47.0 Å². The van der Waals surface area contributed by atoms with Crippen LogP contribution < -0.4 is 0 Å². The van der Waals surface area contributed by atoms with Crippen LogP contribution in [0.25, 0.3) is 0 Å². The molecular formula is C10H13Br. The molecule has 0 fully saturated rings. The van der Waals surface area contributed by atoms with Gasteiger partial charge in [0.1, 0.15) is 0 Å². The molecule has 0 aliphatic heterocycles. The first kappa shape index (κ1) is 10.4. The first-order valence-corrected chi connectivity index (χ1v) is 4.36. The maximum atomic E-state index is 3.65. The van der Waals surface area contributed by atoms with E-state index in [1.54, 1.807) is 0 Å². The molecule has 0 aliphatic carbocycles. The third-order valence-electron chi connectivity index (χ3n) is 1.21. The van der Waals surface area contributed by atoms with E-state index >= 15 is 0 Å². The predicted octanol–water partition coefficient (Wildman–Crippen LogP) is 3.97. The second-order valence-corrected chi connectivity index (χ2v) is 2.78. The van der Waals surface area contributed by atoms with Gasteiger partial charge in [0, 0.05) is 0 Å². The number of rotatable bonds is 3. The van der Waals surface area contributed by atoms with Gasteiger partial charge in [0.05, 0.1) is 0 Å². The molecular weight excluding hydrogens is 200 g/mol. The van der Waals surface area contributed by atoms with E-state index in [0.717, 1.165) is 0 Å². The minimum Gasteiger partial charge on any atom is -0.0988 e. The van der Waals surface area contributed by atoms with Gasteiger partial charge < -0.3 is 0 Å². The van der Waals surface area contributed by atoms with Crippen molar-refractivity contribution < 1.29 is 0 Å². The quantitative estimate of drug-likeness (QED) is 0.622. The molecule has 0 unspecified atom stereocenters. The van der Waals surface area contributed by atoms with Gasteiger partial charge >= 0.3 is 0 Å². The van der Waals surface area contributed by atoms with Gasteiger partial charge in [0.15, 0.2) is 0 Å². The van der Waals surface area contributed by atoms with Gasteiger partial charge in [-0.1, -0.05) is 52.4 Å². The van der Waals surface area contributed by atoms with Crippen LogP contribution in [0.2, 0.25) is 0 Å². The maximum Gasteiger partial charge on any atom is -0.0160 e. The lowest BCUT2D eigenvalue weighted by Crippen LogP contribution is -1.64. The Morgan fingerprint density at radius 1 is 1.27 bits per heavy atom. The fraction of sp³-hybridized carbons (Fsp3) is 0.200. The lowest BCUT2D eigenvalue weighted by atomic mass is 10.2. The Kier molecular flexibility index (Phi) is 5.86. The molecule has 0 spiro atoms. The van der Waals surface area contributed by atoms with E-state index < -0.39 is 0 Å². The topological polar surface area (TPSA) is 0 Å². The molecule has 0 N–H and O–H groups in total. The third kappa shape index (κ3) is 5.86. The average molecular weight is 213 g/mol. The Morgan fingerprint density at radius 3 is 2.36 bits per heavy atom.